The first-order valence-electron chi connectivity index (χ1n) is 38.5. The Morgan fingerprint density at radius 3 is 1.43 bits per heavy atom. The summed E-state index contributed by atoms with van der Waals surface area (Å²) in [5, 5.41) is 2.23. The van der Waals surface area contributed by atoms with Crippen molar-refractivity contribution in [2.75, 3.05) is 0 Å². The predicted molar refractivity (Wildman–Crippen MR) is 470 cm³/mol. The number of thiazole rings is 2. The number of benzene rings is 3. The highest BCUT2D eigenvalue weighted by molar-refractivity contribution is 7.18. The maximum atomic E-state index is 5.34. The summed E-state index contributed by atoms with van der Waals surface area (Å²) in [4.78, 5) is 50.7. The van der Waals surface area contributed by atoms with Crippen molar-refractivity contribution >= 4 is 99.2 Å². The summed E-state index contributed by atoms with van der Waals surface area (Å²) in [6, 6.07) is 32.8. The van der Waals surface area contributed by atoms with Gasteiger partial charge >= 0.3 is 0 Å². The minimum Gasteiger partial charge on any atom is -0.441 e. The summed E-state index contributed by atoms with van der Waals surface area (Å²) in [5.41, 5.74) is 19.9. The molecule has 108 heavy (non-hydrogen) atoms. The minimum absolute atomic E-state index is 0.665. The van der Waals surface area contributed by atoms with Gasteiger partial charge in [0.25, 0.3) is 0 Å². The molecule has 13 heterocycles. The van der Waals surface area contributed by atoms with E-state index in [1.54, 1.807) is 41.3 Å². The highest BCUT2D eigenvalue weighted by Gasteiger charge is 2.07. The van der Waals surface area contributed by atoms with Crippen LogP contribution in [0.5, 0.6) is 0 Å². The number of hydrogen-bond acceptors (Lipinski definition) is 16. The SMILES string of the molecule is CC.CC.CC.CC.CC.CC.CC.CC.CC.CC.Cc1ccc2c(c1)nc(C)n2C.Cc1ccc2nc(C)n(C)c2n1.Cc1ccc2nc(C)oc2c1.Cc1ccc2nc(C)sc2c1.Cc1ccn2ccnc2c1.Cc1ccn2ccnc2n1.Cc1cnc2nc(C)oc2c1.Cc1cnc2nc(C)sc2c1. The second-order valence-corrected chi connectivity index (χ2v) is 23.8. The van der Waals surface area contributed by atoms with Gasteiger partial charge in [0.15, 0.2) is 39.9 Å². The van der Waals surface area contributed by atoms with Gasteiger partial charge in [-0.1, -0.05) is 157 Å². The molecule has 18 nitrogen and oxygen atoms in total. The van der Waals surface area contributed by atoms with E-state index in [-0.39, 0.29) is 0 Å². The molecule has 3 aromatic carbocycles. The lowest BCUT2D eigenvalue weighted by Gasteiger charge is -1.95. The van der Waals surface area contributed by atoms with Gasteiger partial charge in [0.05, 0.1) is 36.0 Å². The van der Waals surface area contributed by atoms with Gasteiger partial charge in [-0.25, -0.2) is 54.8 Å². The molecular formula is C88H132N16O2S2. The molecule has 588 valence electrons. The Morgan fingerprint density at radius 1 is 0.315 bits per heavy atom. The average Bonchev–Trinajstić information content (AvgIpc) is 1.67. The molecule has 16 rings (SSSR count). The Morgan fingerprint density at radius 2 is 0.778 bits per heavy atom. The summed E-state index contributed by atoms with van der Waals surface area (Å²) >= 11 is 3.45. The first kappa shape index (κ1) is 100. The van der Waals surface area contributed by atoms with Gasteiger partial charge < -0.3 is 22.4 Å². The lowest BCUT2D eigenvalue weighted by molar-refractivity contribution is 0.560. The van der Waals surface area contributed by atoms with Gasteiger partial charge in [-0.05, 0) is 195 Å². The van der Waals surface area contributed by atoms with Crippen LogP contribution in [0.1, 0.15) is 217 Å². The third kappa shape index (κ3) is 33.1. The van der Waals surface area contributed by atoms with E-state index in [1.807, 2.05) is 316 Å². The summed E-state index contributed by atoms with van der Waals surface area (Å²) < 4.78 is 21.1. The second-order valence-electron chi connectivity index (χ2n) is 21.4. The number of hydrogen-bond donors (Lipinski definition) is 0. The fourth-order valence-electron chi connectivity index (χ4n) is 8.95. The van der Waals surface area contributed by atoms with E-state index in [9.17, 15) is 0 Å². The second kappa shape index (κ2) is 56.4. The molecule has 13 aromatic heterocycles. The first-order chi connectivity index (χ1) is 52.1. The molecule has 0 aliphatic rings. The summed E-state index contributed by atoms with van der Waals surface area (Å²) in [6.45, 7) is 68.0. The van der Waals surface area contributed by atoms with Crippen LogP contribution in [0.3, 0.4) is 0 Å². The van der Waals surface area contributed by atoms with E-state index in [0.29, 0.717) is 11.5 Å². The molecule has 20 heteroatoms. The highest BCUT2D eigenvalue weighted by Crippen LogP contribution is 2.23. The summed E-state index contributed by atoms with van der Waals surface area (Å²) in [7, 11) is 4.02. The average molecular weight is 1510 g/mol. The van der Waals surface area contributed by atoms with Crippen LogP contribution in [0.4, 0.5) is 0 Å². The predicted octanol–water partition coefficient (Wildman–Crippen LogP) is 26.2. The number of imidazole rings is 4. The molecule has 0 bridgehead atoms. The van der Waals surface area contributed by atoms with Crippen LogP contribution in [-0.2, 0) is 14.1 Å². The molecule has 0 aliphatic heterocycles. The maximum Gasteiger partial charge on any atom is 0.233 e. The molecule has 0 aliphatic carbocycles. The number of oxazole rings is 2. The van der Waals surface area contributed by atoms with E-state index in [4.69, 9.17) is 8.83 Å². The fourth-order valence-corrected chi connectivity index (χ4v) is 10.8. The molecule has 0 amide bonds. The largest absolute Gasteiger partial charge is 0.441 e. The Labute approximate surface area is 656 Å². The van der Waals surface area contributed by atoms with Crippen molar-refractivity contribution in [3.8, 4) is 0 Å². The Bertz CT molecular complexity index is 4620. The number of aromatic nitrogens is 16. The molecule has 0 saturated heterocycles. The third-order valence-electron chi connectivity index (χ3n) is 13.6. The van der Waals surface area contributed by atoms with E-state index in [2.05, 4.69) is 140 Å². The molecule has 0 fully saturated rings. The van der Waals surface area contributed by atoms with Crippen LogP contribution in [0.25, 0.3) is 76.5 Å². The molecule has 16 aromatic rings. The lowest BCUT2D eigenvalue weighted by atomic mass is 10.2. The van der Waals surface area contributed by atoms with Gasteiger partial charge in [-0.15, -0.1) is 22.7 Å². The lowest BCUT2D eigenvalue weighted by Crippen LogP contribution is -1.92. The van der Waals surface area contributed by atoms with Crippen LogP contribution in [0.15, 0.2) is 155 Å². The van der Waals surface area contributed by atoms with Gasteiger partial charge in [0, 0.05) is 88.9 Å². The van der Waals surface area contributed by atoms with Crippen molar-refractivity contribution in [3.05, 3.63) is 225 Å². The number of fused-ring (bicyclic) bond motifs is 8. The molecule has 0 atom stereocenters. The molecule has 0 saturated carbocycles. The van der Waals surface area contributed by atoms with Crippen molar-refractivity contribution in [3.63, 3.8) is 0 Å². The minimum atomic E-state index is 0.665. The topological polar surface area (TPSA) is 200 Å². The van der Waals surface area contributed by atoms with E-state index < -0.39 is 0 Å². The zero-order chi connectivity index (χ0) is 82.8. The number of aryl methyl sites for hydroxylation is 16. The van der Waals surface area contributed by atoms with Crippen molar-refractivity contribution in [1.29, 1.82) is 0 Å². The first-order valence-corrected chi connectivity index (χ1v) is 40.1. The smallest absolute Gasteiger partial charge is 0.233 e. The Balaban J connectivity index is 0. The quantitative estimate of drug-likeness (QED) is 0.139. The standard InChI is InChI=1S/C10H12N2.C9H11N3.C9H9NO.C9H9NS.C8H8N2O.C8H8N2S.C8H8N2.C7H7N3.10C2H6/c1-7-4-5-10-9(6-7)11-8(2)12(10)3;1-6-4-5-8-9(10-6)12(3)7(2)11-8;2*1-6-3-4-8-9(5-6)11-7(2)10-8;2*1-5-3-7-8(9-4-5)10-6(2)11-7;1-7-2-4-10-5-3-9-8(10)6-7;1-6-2-4-10-5-3-8-7(10)9-6;10*1-2/h4-6H,1-3H3;4-5H,1-3H3;2*3-5H,1-2H3;2*3-4H,1-2H3;2-6H,1H3;2-5H,1H3;10*1-2H3. The van der Waals surface area contributed by atoms with Gasteiger partial charge in [-0.2, -0.15) is 4.98 Å². The van der Waals surface area contributed by atoms with Gasteiger partial charge in [0.1, 0.15) is 28.3 Å². The molecule has 0 N–H and O–H groups in total. The Hall–Kier alpha value is -9.92. The number of rotatable bonds is 0. The third-order valence-corrected chi connectivity index (χ3v) is 15.4. The maximum absolute atomic E-state index is 5.34. The van der Waals surface area contributed by atoms with Crippen molar-refractivity contribution in [2.24, 2.45) is 14.1 Å². The highest BCUT2D eigenvalue weighted by atomic mass is 32.1. The van der Waals surface area contributed by atoms with Crippen molar-refractivity contribution < 1.29 is 8.83 Å². The van der Waals surface area contributed by atoms with E-state index in [1.165, 1.54) is 42.7 Å². The van der Waals surface area contributed by atoms with Crippen molar-refractivity contribution in [1.82, 2.24) is 77.7 Å². The van der Waals surface area contributed by atoms with Crippen LogP contribution in [0.2, 0.25) is 0 Å². The van der Waals surface area contributed by atoms with Crippen LogP contribution < -0.4 is 0 Å². The van der Waals surface area contributed by atoms with Crippen LogP contribution in [0, 0.1) is 96.9 Å². The summed E-state index contributed by atoms with van der Waals surface area (Å²) in [6.07, 6.45) is 14.9. The molecular weight excluding hydrogens is 1380 g/mol. The number of nitrogens with zero attached hydrogens (tertiary/aromatic N) is 16. The summed E-state index contributed by atoms with van der Waals surface area (Å²) in [5.74, 6) is 4.22. The molecule has 0 spiro atoms. The van der Waals surface area contributed by atoms with E-state index in [0.717, 1.165) is 100 Å². The molecule has 0 radical (unpaired) electrons. The Kier molecular flexibility index (Phi) is 52.3. The van der Waals surface area contributed by atoms with Crippen molar-refractivity contribution in [2.45, 2.75) is 235 Å². The monoisotopic (exact) mass is 1510 g/mol. The van der Waals surface area contributed by atoms with Crippen LogP contribution in [-0.4, -0.2) is 77.7 Å². The fraction of sp³-hybridized carbons (Fsp3) is 0.409. The normalized spacial score (nSPS) is 9.30. The zero-order valence-corrected chi connectivity index (χ0v) is 74.3. The zero-order valence-electron chi connectivity index (χ0n) is 72.6. The van der Waals surface area contributed by atoms with Crippen LogP contribution >= 0.6 is 22.7 Å². The van der Waals surface area contributed by atoms with Gasteiger partial charge in [-0.3, -0.25) is 4.40 Å². The van der Waals surface area contributed by atoms with E-state index >= 15 is 0 Å². The number of pyridine rings is 4. The molecule has 0 unspecified atom stereocenters. The van der Waals surface area contributed by atoms with Gasteiger partial charge in [0.2, 0.25) is 5.78 Å².